The summed E-state index contributed by atoms with van der Waals surface area (Å²) in [6.45, 7) is 7.20. The number of ether oxygens (including phenoxy) is 1. The molecule has 0 bridgehead atoms. The number of nitrogens with one attached hydrogen (secondary N) is 1. The van der Waals surface area contributed by atoms with Crippen LogP contribution < -0.4 is 10.1 Å². The van der Waals surface area contributed by atoms with Gasteiger partial charge in [0.05, 0.1) is 6.10 Å². The van der Waals surface area contributed by atoms with Gasteiger partial charge < -0.3 is 15.2 Å². The lowest BCUT2D eigenvalue weighted by molar-refractivity contribution is -0.274. The van der Waals surface area contributed by atoms with Crippen LogP contribution in [0.1, 0.15) is 39.4 Å². The van der Waals surface area contributed by atoms with Crippen molar-refractivity contribution in [3.8, 4) is 5.75 Å². The minimum Gasteiger partial charge on any atom is -0.406 e. The first-order valence-electron chi connectivity index (χ1n) is 9.58. The van der Waals surface area contributed by atoms with Crippen LogP contribution in [0.4, 0.5) is 19.0 Å². The molecule has 0 radical (unpaired) electrons. The van der Waals surface area contributed by atoms with Gasteiger partial charge in [0.25, 0.3) is 0 Å². The van der Waals surface area contributed by atoms with Crippen LogP contribution in [0.2, 0.25) is 0 Å². The Hall–Kier alpha value is -2.37. The number of hydrogen-bond acceptors (Lipinski definition) is 6. The van der Waals surface area contributed by atoms with E-state index in [1.165, 1.54) is 34.8 Å². The number of anilines is 1. The number of aliphatic hydroxyl groups is 1. The van der Waals surface area contributed by atoms with E-state index >= 15 is 0 Å². The van der Waals surface area contributed by atoms with Crippen LogP contribution in [-0.4, -0.2) is 47.8 Å². The second kappa shape index (κ2) is 9.84. The Kier molecular flexibility index (Phi) is 7.90. The van der Waals surface area contributed by atoms with Gasteiger partial charge in [0, 0.05) is 24.8 Å². The normalized spacial score (nSPS) is 13.6. The Labute approximate surface area is 179 Å². The zero-order valence-electron chi connectivity index (χ0n) is 17.6. The minimum atomic E-state index is -4.78. The molecule has 2 aromatic rings. The van der Waals surface area contributed by atoms with Crippen molar-refractivity contribution in [2.45, 2.75) is 57.1 Å². The van der Waals surface area contributed by atoms with Gasteiger partial charge in [0.1, 0.15) is 16.5 Å². The fourth-order valence-corrected chi connectivity index (χ4v) is 4.90. The second-order valence-corrected chi connectivity index (χ2v) is 9.26. The summed E-state index contributed by atoms with van der Waals surface area (Å²) >= 11 is 0. The molecule has 2 N–H and O–H groups in total. The number of nitrogens with zero attached hydrogens (tertiary/aromatic N) is 2. The molecule has 0 saturated carbocycles. The highest BCUT2D eigenvalue weighted by Crippen LogP contribution is 2.25. The molecule has 0 aliphatic heterocycles. The average molecular weight is 462 g/mol. The summed E-state index contributed by atoms with van der Waals surface area (Å²) in [4.78, 5) is 4.15. The van der Waals surface area contributed by atoms with Crippen LogP contribution in [0.5, 0.6) is 5.75 Å². The molecule has 0 spiro atoms. The molecule has 11 heteroatoms. The van der Waals surface area contributed by atoms with Gasteiger partial charge in [-0.25, -0.2) is 13.4 Å². The molecule has 0 amide bonds. The highest BCUT2D eigenvalue weighted by atomic mass is 32.2. The molecule has 0 saturated heterocycles. The Bertz CT molecular complexity index is 939. The molecule has 2 rings (SSSR count). The van der Waals surface area contributed by atoms with E-state index in [0.717, 1.165) is 12.1 Å². The predicted octanol–water partition coefficient (Wildman–Crippen LogP) is 3.93. The third-order valence-corrected chi connectivity index (χ3v) is 6.54. The summed E-state index contributed by atoms with van der Waals surface area (Å²) in [5.74, 6) is -0.0395. The van der Waals surface area contributed by atoms with Crippen LogP contribution >= 0.6 is 0 Å². The number of halogens is 3. The van der Waals surface area contributed by atoms with Gasteiger partial charge in [-0.05, 0) is 57.5 Å². The molecular weight excluding hydrogens is 435 g/mol. The van der Waals surface area contributed by atoms with Crippen molar-refractivity contribution in [2.75, 3.05) is 11.9 Å². The SMILES string of the molecule is CC(C)N(C(C)C)S(=O)(=O)c1ccc(NCC(O)c2ccc(OC(F)(F)F)cc2)nc1. The molecule has 1 aromatic carbocycles. The Morgan fingerprint density at radius 2 is 1.65 bits per heavy atom. The van der Waals surface area contributed by atoms with Crippen molar-refractivity contribution < 1.29 is 31.4 Å². The van der Waals surface area contributed by atoms with Crippen molar-refractivity contribution in [1.82, 2.24) is 9.29 Å². The van der Waals surface area contributed by atoms with Crippen LogP contribution in [0, 0.1) is 0 Å². The first-order valence-corrected chi connectivity index (χ1v) is 11.0. The lowest BCUT2D eigenvalue weighted by Crippen LogP contribution is -2.41. The third kappa shape index (κ3) is 6.81. The van der Waals surface area contributed by atoms with Crippen LogP contribution in [0.3, 0.4) is 0 Å². The molecular formula is C20H26F3N3O4S. The smallest absolute Gasteiger partial charge is 0.406 e. The highest BCUT2D eigenvalue weighted by Gasteiger charge is 2.31. The first-order chi connectivity index (χ1) is 14.3. The molecule has 0 aliphatic rings. The number of aliphatic hydroxyl groups excluding tert-OH is 1. The van der Waals surface area contributed by atoms with Gasteiger partial charge in [0.2, 0.25) is 10.0 Å². The molecule has 1 aromatic heterocycles. The van der Waals surface area contributed by atoms with Crippen molar-refractivity contribution in [1.29, 1.82) is 0 Å². The summed E-state index contributed by atoms with van der Waals surface area (Å²) in [6, 6.07) is 7.35. The van der Waals surface area contributed by atoms with Gasteiger partial charge in [-0.3, -0.25) is 0 Å². The lowest BCUT2D eigenvalue weighted by atomic mass is 10.1. The van der Waals surface area contributed by atoms with Crippen LogP contribution in [0.15, 0.2) is 47.5 Å². The zero-order valence-corrected chi connectivity index (χ0v) is 18.4. The quantitative estimate of drug-likeness (QED) is 0.588. The largest absolute Gasteiger partial charge is 0.573 e. The molecule has 172 valence electrons. The predicted molar refractivity (Wildman–Crippen MR) is 110 cm³/mol. The second-order valence-electron chi connectivity index (χ2n) is 7.42. The molecule has 1 atom stereocenters. The standard InChI is InChI=1S/C20H26F3N3O4S/c1-13(2)26(14(3)4)31(28,29)17-9-10-19(24-11-17)25-12-18(27)15-5-7-16(8-6-15)30-20(21,22)23/h5-11,13-14,18,27H,12H2,1-4H3,(H,24,25). The Morgan fingerprint density at radius 3 is 2.10 bits per heavy atom. The topological polar surface area (TPSA) is 91.8 Å². The van der Waals surface area contributed by atoms with E-state index < -0.39 is 22.5 Å². The van der Waals surface area contributed by atoms with Crippen molar-refractivity contribution in [2.24, 2.45) is 0 Å². The average Bonchev–Trinajstić information content (AvgIpc) is 2.65. The van der Waals surface area contributed by atoms with E-state index in [1.54, 1.807) is 27.7 Å². The van der Waals surface area contributed by atoms with Gasteiger partial charge in [-0.2, -0.15) is 4.31 Å². The molecule has 7 nitrogen and oxygen atoms in total. The number of alkyl halides is 3. The van der Waals surface area contributed by atoms with Gasteiger partial charge in [-0.1, -0.05) is 12.1 Å². The summed E-state index contributed by atoms with van der Waals surface area (Å²) in [5.41, 5.74) is 0.380. The van der Waals surface area contributed by atoms with E-state index in [9.17, 15) is 26.7 Å². The number of hydrogen-bond donors (Lipinski definition) is 2. The number of benzene rings is 1. The molecule has 1 heterocycles. The van der Waals surface area contributed by atoms with E-state index in [1.807, 2.05) is 0 Å². The summed E-state index contributed by atoms with van der Waals surface area (Å²) in [7, 11) is -3.71. The maximum absolute atomic E-state index is 12.8. The number of rotatable bonds is 9. The number of sulfonamides is 1. The molecule has 0 aliphatic carbocycles. The maximum Gasteiger partial charge on any atom is 0.573 e. The van der Waals surface area contributed by atoms with Crippen molar-refractivity contribution in [3.63, 3.8) is 0 Å². The Balaban J connectivity index is 2.02. The lowest BCUT2D eigenvalue weighted by Gasteiger charge is -2.29. The van der Waals surface area contributed by atoms with Crippen LogP contribution in [-0.2, 0) is 10.0 Å². The number of pyridine rings is 1. The van der Waals surface area contributed by atoms with Crippen molar-refractivity contribution >= 4 is 15.8 Å². The van der Waals surface area contributed by atoms with E-state index in [-0.39, 0.29) is 29.3 Å². The highest BCUT2D eigenvalue weighted by molar-refractivity contribution is 7.89. The molecule has 1 unspecified atom stereocenters. The first kappa shape index (κ1) is 24.9. The molecule has 31 heavy (non-hydrogen) atoms. The fourth-order valence-electron chi connectivity index (χ4n) is 3.12. The molecule has 0 fully saturated rings. The zero-order chi connectivity index (χ0) is 23.4. The maximum atomic E-state index is 12.8. The van der Waals surface area contributed by atoms with Gasteiger partial charge in [-0.15, -0.1) is 13.2 Å². The van der Waals surface area contributed by atoms with Crippen molar-refractivity contribution in [3.05, 3.63) is 48.2 Å². The monoisotopic (exact) mass is 461 g/mol. The van der Waals surface area contributed by atoms with E-state index in [0.29, 0.717) is 11.4 Å². The Morgan fingerprint density at radius 1 is 1.06 bits per heavy atom. The van der Waals surface area contributed by atoms with E-state index in [4.69, 9.17) is 0 Å². The summed E-state index contributed by atoms with van der Waals surface area (Å²) < 4.78 is 67.5. The third-order valence-electron chi connectivity index (χ3n) is 4.30. The summed E-state index contributed by atoms with van der Waals surface area (Å²) in [6.07, 6.45) is -4.57. The number of aromatic nitrogens is 1. The van der Waals surface area contributed by atoms with Crippen LogP contribution in [0.25, 0.3) is 0 Å². The fraction of sp³-hybridized carbons (Fsp3) is 0.450. The minimum absolute atomic E-state index is 0.0166. The van der Waals surface area contributed by atoms with E-state index in [2.05, 4.69) is 15.0 Å². The van der Waals surface area contributed by atoms with Gasteiger partial charge >= 0.3 is 6.36 Å². The van der Waals surface area contributed by atoms with Gasteiger partial charge in [0.15, 0.2) is 0 Å². The summed E-state index contributed by atoms with van der Waals surface area (Å²) in [5, 5.41) is 13.1.